The van der Waals surface area contributed by atoms with Crippen LogP contribution in [-0.4, -0.2) is 39.0 Å². The minimum atomic E-state index is -0.0199. The first-order valence-electron chi connectivity index (χ1n) is 8.58. The number of likely N-dealkylation sites (tertiary alicyclic amines) is 1. The van der Waals surface area contributed by atoms with Gasteiger partial charge in [-0.1, -0.05) is 12.1 Å². The predicted molar refractivity (Wildman–Crippen MR) is 90.0 cm³/mol. The van der Waals surface area contributed by atoms with Gasteiger partial charge in [-0.2, -0.15) is 4.98 Å². The van der Waals surface area contributed by atoms with Crippen molar-refractivity contribution in [3.05, 3.63) is 22.3 Å². The van der Waals surface area contributed by atoms with Crippen molar-refractivity contribution in [3.63, 3.8) is 0 Å². The van der Waals surface area contributed by atoms with Gasteiger partial charge in [0, 0.05) is 11.3 Å². The number of fused-ring (bicyclic) bond motifs is 1. The summed E-state index contributed by atoms with van der Waals surface area (Å²) in [5.74, 6) is 1.33. The van der Waals surface area contributed by atoms with E-state index in [2.05, 4.69) is 25.3 Å². The van der Waals surface area contributed by atoms with Crippen molar-refractivity contribution in [1.29, 1.82) is 0 Å². The lowest BCUT2D eigenvalue weighted by Crippen LogP contribution is -2.33. The lowest BCUT2D eigenvalue weighted by atomic mass is 10.2. The Bertz CT molecular complexity index is 719. The van der Waals surface area contributed by atoms with Crippen LogP contribution in [0.25, 0.3) is 0 Å². The van der Waals surface area contributed by atoms with Gasteiger partial charge in [0.2, 0.25) is 11.8 Å². The van der Waals surface area contributed by atoms with Crippen LogP contribution in [-0.2, 0) is 24.1 Å². The molecule has 2 aromatic rings. The summed E-state index contributed by atoms with van der Waals surface area (Å²) in [6.07, 6.45) is 6.04. The molecule has 1 amide bonds. The maximum absolute atomic E-state index is 12.4. The summed E-state index contributed by atoms with van der Waals surface area (Å²) in [5.41, 5.74) is 1.16. The second-order valence-corrected chi connectivity index (χ2v) is 7.40. The third kappa shape index (κ3) is 3.08. The van der Waals surface area contributed by atoms with E-state index in [-0.39, 0.29) is 11.9 Å². The standard InChI is InChI=1S/C16H21N5O2S/c1-2-14-19-15(20-23-14)11-6-4-8-21(11)9-13(22)18-16-17-10-5-3-7-12(10)24-16/h11H,2-9H2,1H3,(H,17,18,22). The number of anilines is 1. The van der Waals surface area contributed by atoms with Gasteiger partial charge in [-0.25, -0.2) is 4.98 Å². The molecule has 2 aromatic heterocycles. The van der Waals surface area contributed by atoms with E-state index in [1.165, 1.54) is 11.3 Å². The highest BCUT2D eigenvalue weighted by molar-refractivity contribution is 7.15. The molecule has 3 heterocycles. The lowest BCUT2D eigenvalue weighted by molar-refractivity contribution is -0.117. The van der Waals surface area contributed by atoms with Crippen molar-refractivity contribution < 1.29 is 9.32 Å². The largest absolute Gasteiger partial charge is 0.339 e. The van der Waals surface area contributed by atoms with E-state index in [1.54, 1.807) is 11.3 Å². The number of nitrogens with one attached hydrogen (secondary N) is 1. The highest BCUT2D eigenvalue weighted by Gasteiger charge is 2.31. The minimum Gasteiger partial charge on any atom is -0.339 e. The number of carbonyl (C=O) groups is 1. The van der Waals surface area contributed by atoms with Gasteiger partial charge in [-0.15, -0.1) is 11.3 Å². The first-order chi connectivity index (χ1) is 11.7. The average molecular weight is 347 g/mol. The third-order valence-corrected chi connectivity index (χ3v) is 5.71. The Morgan fingerprint density at radius 1 is 1.38 bits per heavy atom. The summed E-state index contributed by atoms with van der Waals surface area (Å²) in [5, 5.41) is 7.75. The van der Waals surface area contributed by atoms with E-state index in [0.29, 0.717) is 18.3 Å². The van der Waals surface area contributed by atoms with Gasteiger partial charge < -0.3 is 9.84 Å². The number of aryl methyl sites for hydroxylation is 3. The van der Waals surface area contributed by atoms with Gasteiger partial charge in [0.05, 0.1) is 18.3 Å². The monoisotopic (exact) mass is 347 g/mol. The van der Waals surface area contributed by atoms with Crippen LogP contribution in [0.3, 0.4) is 0 Å². The molecule has 8 heteroatoms. The Balaban J connectivity index is 1.38. The summed E-state index contributed by atoms with van der Waals surface area (Å²) in [6.45, 7) is 3.20. The molecule has 1 N–H and O–H groups in total. The smallest absolute Gasteiger partial charge is 0.240 e. The van der Waals surface area contributed by atoms with Gasteiger partial charge in [-0.05, 0) is 38.6 Å². The highest BCUT2D eigenvalue weighted by atomic mass is 32.1. The summed E-state index contributed by atoms with van der Waals surface area (Å²) in [6, 6.07) is 0.0705. The number of hydrogen-bond acceptors (Lipinski definition) is 7. The van der Waals surface area contributed by atoms with Gasteiger partial charge in [-0.3, -0.25) is 9.69 Å². The number of nitrogens with zero attached hydrogens (tertiary/aromatic N) is 4. The molecule has 1 saturated heterocycles. The molecule has 0 spiro atoms. The molecular weight excluding hydrogens is 326 g/mol. The van der Waals surface area contributed by atoms with Crippen molar-refractivity contribution >= 4 is 22.4 Å². The molecule has 24 heavy (non-hydrogen) atoms. The van der Waals surface area contributed by atoms with Gasteiger partial charge in [0.25, 0.3) is 0 Å². The molecule has 7 nitrogen and oxygen atoms in total. The molecule has 128 valence electrons. The third-order valence-electron chi connectivity index (χ3n) is 4.64. The molecule has 0 radical (unpaired) electrons. The van der Waals surface area contributed by atoms with E-state index in [4.69, 9.17) is 4.52 Å². The van der Waals surface area contributed by atoms with Crippen LogP contribution in [0.4, 0.5) is 5.13 Å². The molecule has 1 aliphatic carbocycles. The normalized spacial score (nSPS) is 20.5. The summed E-state index contributed by atoms with van der Waals surface area (Å²) >= 11 is 1.61. The summed E-state index contributed by atoms with van der Waals surface area (Å²) in [4.78, 5) is 24.8. The molecule has 2 aliphatic rings. The van der Waals surface area contributed by atoms with E-state index in [9.17, 15) is 4.79 Å². The number of carbonyl (C=O) groups excluding carboxylic acids is 1. The first-order valence-corrected chi connectivity index (χ1v) is 9.39. The summed E-state index contributed by atoms with van der Waals surface area (Å²) < 4.78 is 5.21. The number of aromatic nitrogens is 3. The van der Waals surface area contributed by atoms with Crippen LogP contribution < -0.4 is 5.32 Å². The Morgan fingerprint density at radius 2 is 2.29 bits per heavy atom. The SMILES string of the molecule is CCc1nc(C2CCCN2CC(=O)Nc2nc3c(s2)CCC3)no1. The molecular formula is C16H21N5O2S. The van der Waals surface area contributed by atoms with Crippen molar-refractivity contribution in [1.82, 2.24) is 20.0 Å². The van der Waals surface area contributed by atoms with Gasteiger partial charge >= 0.3 is 0 Å². The Labute approximate surface area is 144 Å². The zero-order valence-corrected chi connectivity index (χ0v) is 14.6. The second-order valence-electron chi connectivity index (χ2n) is 6.32. The quantitative estimate of drug-likeness (QED) is 0.894. The highest BCUT2D eigenvalue weighted by Crippen LogP contribution is 2.32. The molecule has 1 atom stereocenters. The van der Waals surface area contributed by atoms with Crippen molar-refractivity contribution in [2.75, 3.05) is 18.4 Å². The molecule has 0 bridgehead atoms. The zero-order valence-electron chi connectivity index (χ0n) is 13.7. The first kappa shape index (κ1) is 15.7. The molecule has 4 rings (SSSR count). The number of thiazole rings is 1. The number of hydrogen-bond donors (Lipinski definition) is 1. The van der Waals surface area contributed by atoms with E-state index in [1.807, 2.05) is 6.92 Å². The van der Waals surface area contributed by atoms with Gasteiger partial charge in [0.1, 0.15) is 0 Å². The Morgan fingerprint density at radius 3 is 3.08 bits per heavy atom. The van der Waals surface area contributed by atoms with Crippen LogP contribution in [0.1, 0.15) is 54.5 Å². The van der Waals surface area contributed by atoms with Crippen LogP contribution in [0, 0.1) is 0 Å². The van der Waals surface area contributed by atoms with Crippen molar-refractivity contribution in [2.45, 2.75) is 51.5 Å². The van der Waals surface area contributed by atoms with E-state index < -0.39 is 0 Å². The fourth-order valence-corrected chi connectivity index (χ4v) is 4.51. The summed E-state index contributed by atoms with van der Waals surface area (Å²) in [7, 11) is 0. The van der Waals surface area contributed by atoms with Gasteiger partial charge in [0.15, 0.2) is 11.0 Å². The van der Waals surface area contributed by atoms with Crippen molar-refractivity contribution in [3.8, 4) is 0 Å². The maximum atomic E-state index is 12.4. The molecule has 0 aromatic carbocycles. The predicted octanol–water partition coefficient (Wildman–Crippen LogP) is 2.35. The molecule has 1 fully saturated rings. The van der Waals surface area contributed by atoms with E-state index in [0.717, 1.165) is 49.5 Å². The van der Waals surface area contributed by atoms with Crippen molar-refractivity contribution in [2.24, 2.45) is 0 Å². The zero-order chi connectivity index (χ0) is 16.5. The van der Waals surface area contributed by atoms with Crippen LogP contribution in [0.2, 0.25) is 0 Å². The van der Waals surface area contributed by atoms with Crippen LogP contribution >= 0.6 is 11.3 Å². The fraction of sp³-hybridized carbons (Fsp3) is 0.625. The van der Waals surface area contributed by atoms with Crippen LogP contribution in [0.5, 0.6) is 0 Å². The fourth-order valence-electron chi connectivity index (χ4n) is 3.44. The van der Waals surface area contributed by atoms with E-state index >= 15 is 0 Å². The second kappa shape index (κ2) is 6.60. The number of rotatable bonds is 5. The maximum Gasteiger partial charge on any atom is 0.240 e. The Kier molecular flexibility index (Phi) is 4.32. The lowest BCUT2D eigenvalue weighted by Gasteiger charge is -2.20. The molecule has 1 unspecified atom stereocenters. The topological polar surface area (TPSA) is 84.2 Å². The average Bonchev–Trinajstić information content (AvgIpc) is 3.29. The molecule has 0 saturated carbocycles. The minimum absolute atomic E-state index is 0.0199. The molecule has 1 aliphatic heterocycles. The van der Waals surface area contributed by atoms with Crippen LogP contribution in [0.15, 0.2) is 4.52 Å². The number of amides is 1. The Hall–Kier alpha value is -1.80.